The fraction of sp³-hybridized carbons (Fsp3) is 0.941. The van der Waals surface area contributed by atoms with E-state index in [-0.39, 0.29) is 6.03 Å². The van der Waals surface area contributed by atoms with Crippen LogP contribution in [0.3, 0.4) is 0 Å². The van der Waals surface area contributed by atoms with E-state index < -0.39 is 0 Å². The van der Waals surface area contributed by atoms with Crippen molar-refractivity contribution in [2.45, 2.75) is 51.0 Å². The van der Waals surface area contributed by atoms with E-state index in [1.807, 2.05) is 0 Å². The molecule has 6 rings (SSSR count). The molecule has 0 radical (unpaired) electrons. The normalized spacial score (nSPS) is 53.4. The highest BCUT2D eigenvalue weighted by Gasteiger charge is 2.68. The standard InChI is InChI=1S/C17H26N2O/c20-17(19-16-12-7-13-14(8-12)15(13)16)18-4-3-11-6-9-1-2-10(11)5-9/h9-16H,1-8H2,(H2,18,19,20). The van der Waals surface area contributed by atoms with E-state index in [0.717, 1.165) is 48.0 Å². The SMILES string of the molecule is O=C(NCCC1CC2CCC1C2)NC1C2CC3C(C2)C31. The van der Waals surface area contributed by atoms with Crippen molar-refractivity contribution < 1.29 is 4.79 Å². The third kappa shape index (κ3) is 1.67. The van der Waals surface area contributed by atoms with Gasteiger partial charge in [0.2, 0.25) is 0 Å². The number of fused-ring (bicyclic) bond motifs is 2. The Morgan fingerprint density at radius 1 is 1.00 bits per heavy atom. The van der Waals surface area contributed by atoms with Crippen LogP contribution in [0.1, 0.15) is 44.9 Å². The summed E-state index contributed by atoms with van der Waals surface area (Å²) in [5.41, 5.74) is 0. The summed E-state index contributed by atoms with van der Waals surface area (Å²) in [5, 5.41) is 6.40. The average Bonchev–Trinajstić information content (AvgIpc) is 3.01. The monoisotopic (exact) mass is 274 g/mol. The second-order valence-corrected chi connectivity index (χ2v) is 8.29. The van der Waals surface area contributed by atoms with Crippen LogP contribution in [0.25, 0.3) is 0 Å². The summed E-state index contributed by atoms with van der Waals surface area (Å²) in [5.74, 6) is 6.55. The third-order valence-corrected chi connectivity index (χ3v) is 7.45. The molecule has 2 N–H and O–H groups in total. The smallest absolute Gasteiger partial charge is 0.315 e. The topological polar surface area (TPSA) is 41.1 Å². The first-order valence-electron chi connectivity index (χ1n) is 8.84. The van der Waals surface area contributed by atoms with Crippen LogP contribution >= 0.6 is 0 Å². The molecule has 6 aliphatic rings. The summed E-state index contributed by atoms with van der Waals surface area (Å²) >= 11 is 0. The number of carbonyl (C=O) groups excluding carboxylic acids is 1. The molecule has 6 saturated carbocycles. The molecule has 6 fully saturated rings. The number of hydrogen-bond acceptors (Lipinski definition) is 1. The quantitative estimate of drug-likeness (QED) is 0.813. The third-order valence-electron chi connectivity index (χ3n) is 7.45. The minimum atomic E-state index is 0.108. The molecule has 0 spiro atoms. The van der Waals surface area contributed by atoms with Gasteiger partial charge in [-0.3, -0.25) is 0 Å². The molecule has 3 heteroatoms. The summed E-state index contributed by atoms with van der Waals surface area (Å²) in [7, 11) is 0. The lowest BCUT2D eigenvalue weighted by atomic mass is 9.86. The van der Waals surface area contributed by atoms with E-state index in [1.165, 1.54) is 44.9 Å². The highest BCUT2D eigenvalue weighted by atomic mass is 16.2. The molecule has 6 aliphatic carbocycles. The summed E-state index contributed by atoms with van der Waals surface area (Å²) in [4.78, 5) is 12.0. The fourth-order valence-corrected chi connectivity index (χ4v) is 6.59. The highest BCUT2D eigenvalue weighted by Crippen LogP contribution is 2.70. The van der Waals surface area contributed by atoms with Crippen LogP contribution in [0.4, 0.5) is 4.79 Å². The predicted octanol–water partition coefficient (Wildman–Crippen LogP) is 2.77. The number of hydrogen-bond donors (Lipinski definition) is 2. The lowest BCUT2D eigenvalue weighted by molar-refractivity contribution is 0.231. The van der Waals surface area contributed by atoms with Gasteiger partial charge in [0.25, 0.3) is 0 Å². The Bertz CT molecular complexity index is 423. The Balaban J connectivity index is 1.06. The molecule has 6 bridgehead atoms. The second kappa shape index (κ2) is 4.14. The van der Waals surface area contributed by atoms with Crippen LogP contribution in [0, 0.1) is 41.4 Å². The van der Waals surface area contributed by atoms with Gasteiger partial charge in [-0.25, -0.2) is 4.79 Å². The molecule has 0 aromatic rings. The Hall–Kier alpha value is -0.730. The van der Waals surface area contributed by atoms with Gasteiger partial charge >= 0.3 is 6.03 Å². The van der Waals surface area contributed by atoms with Gasteiger partial charge in [-0.05, 0) is 80.0 Å². The number of urea groups is 1. The van der Waals surface area contributed by atoms with Crippen molar-refractivity contribution in [1.29, 1.82) is 0 Å². The lowest BCUT2D eigenvalue weighted by Gasteiger charge is -2.22. The highest BCUT2D eigenvalue weighted by molar-refractivity contribution is 5.74. The van der Waals surface area contributed by atoms with Crippen molar-refractivity contribution >= 4 is 6.03 Å². The van der Waals surface area contributed by atoms with E-state index in [4.69, 9.17) is 0 Å². The van der Waals surface area contributed by atoms with E-state index in [1.54, 1.807) is 0 Å². The molecule has 110 valence electrons. The van der Waals surface area contributed by atoms with Gasteiger partial charge in [0, 0.05) is 12.6 Å². The van der Waals surface area contributed by atoms with Gasteiger partial charge in [0.05, 0.1) is 0 Å². The molecule has 0 saturated heterocycles. The van der Waals surface area contributed by atoms with Gasteiger partial charge in [0.15, 0.2) is 0 Å². The number of rotatable bonds is 4. The average molecular weight is 274 g/mol. The van der Waals surface area contributed by atoms with E-state index >= 15 is 0 Å². The summed E-state index contributed by atoms with van der Waals surface area (Å²) in [6.45, 7) is 0.884. The van der Waals surface area contributed by atoms with Crippen LogP contribution in [-0.4, -0.2) is 18.6 Å². The van der Waals surface area contributed by atoms with E-state index in [0.29, 0.717) is 6.04 Å². The molecule has 3 nitrogen and oxygen atoms in total. The van der Waals surface area contributed by atoms with E-state index in [2.05, 4.69) is 10.6 Å². The molecule has 0 aliphatic heterocycles. The summed E-state index contributed by atoms with van der Waals surface area (Å²) < 4.78 is 0. The molecular formula is C17H26N2O. The second-order valence-electron chi connectivity index (χ2n) is 8.29. The molecule has 2 amide bonds. The van der Waals surface area contributed by atoms with Crippen LogP contribution < -0.4 is 10.6 Å². The molecule has 6 unspecified atom stereocenters. The van der Waals surface area contributed by atoms with Crippen LogP contribution in [0.5, 0.6) is 0 Å². The first-order valence-corrected chi connectivity index (χ1v) is 8.84. The largest absolute Gasteiger partial charge is 0.338 e. The van der Waals surface area contributed by atoms with Crippen molar-refractivity contribution in [2.24, 2.45) is 41.4 Å². The molecule has 0 aromatic heterocycles. The predicted molar refractivity (Wildman–Crippen MR) is 77.1 cm³/mol. The Morgan fingerprint density at radius 3 is 2.45 bits per heavy atom. The van der Waals surface area contributed by atoms with Gasteiger partial charge in [-0.15, -0.1) is 0 Å². The summed E-state index contributed by atoms with van der Waals surface area (Å²) in [6.07, 6.45) is 9.83. The van der Waals surface area contributed by atoms with Gasteiger partial charge < -0.3 is 10.6 Å². The minimum absolute atomic E-state index is 0.108. The van der Waals surface area contributed by atoms with Crippen LogP contribution in [0.2, 0.25) is 0 Å². The number of nitrogens with one attached hydrogen (secondary N) is 2. The van der Waals surface area contributed by atoms with Crippen molar-refractivity contribution in [1.82, 2.24) is 10.6 Å². The Kier molecular flexibility index (Phi) is 2.46. The first kappa shape index (κ1) is 11.9. The Labute approximate surface area is 121 Å². The zero-order valence-corrected chi connectivity index (χ0v) is 12.2. The van der Waals surface area contributed by atoms with E-state index in [9.17, 15) is 4.79 Å². The number of carbonyl (C=O) groups is 1. The molecule has 0 heterocycles. The minimum Gasteiger partial charge on any atom is -0.338 e. The van der Waals surface area contributed by atoms with Crippen molar-refractivity contribution in [2.75, 3.05) is 6.54 Å². The van der Waals surface area contributed by atoms with Crippen molar-refractivity contribution in [3.8, 4) is 0 Å². The van der Waals surface area contributed by atoms with Gasteiger partial charge in [-0.2, -0.15) is 0 Å². The zero-order chi connectivity index (χ0) is 13.3. The lowest BCUT2D eigenvalue weighted by Crippen LogP contribution is -2.44. The zero-order valence-electron chi connectivity index (χ0n) is 12.2. The van der Waals surface area contributed by atoms with Crippen molar-refractivity contribution in [3.63, 3.8) is 0 Å². The van der Waals surface area contributed by atoms with Gasteiger partial charge in [0.1, 0.15) is 0 Å². The summed E-state index contributed by atoms with van der Waals surface area (Å²) in [6, 6.07) is 0.629. The van der Waals surface area contributed by atoms with Crippen molar-refractivity contribution in [3.05, 3.63) is 0 Å². The maximum atomic E-state index is 12.0. The molecule has 6 atom stereocenters. The Morgan fingerprint density at radius 2 is 1.85 bits per heavy atom. The van der Waals surface area contributed by atoms with Crippen LogP contribution in [-0.2, 0) is 0 Å². The first-order chi connectivity index (χ1) is 9.79. The van der Waals surface area contributed by atoms with Gasteiger partial charge in [-0.1, -0.05) is 6.42 Å². The van der Waals surface area contributed by atoms with Crippen LogP contribution in [0.15, 0.2) is 0 Å². The maximum Gasteiger partial charge on any atom is 0.315 e. The molecule has 20 heavy (non-hydrogen) atoms. The maximum absolute atomic E-state index is 12.0. The molecular weight excluding hydrogens is 248 g/mol. The fourth-order valence-electron chi connectivity index (χ4n) is 6.59. The molecule has 0 aromatic carbocycles. The number of amides is 2.